The molecule has 6 heteroatoms. The molecule has 2 aromatic rings. The number of nitrogen functional groups attached to an aromatic ring is 1. The van der Waals surface area contributed by atoms with Crippen LogP contribution in [0.1, 0.15) is 6.92 Å². The highest BCUT2D eigenvalue weighted by molar-refractivity contribution is 5.93. The second kappa shape index (κ2) is 2.76. The molecule has 74 valence electrons. The molecule has 0 radical (unpaired) electrons. The number of anilines is 1. The zero-order valence-corrected chi connectivity index (χ0v) is 7.60. The van der Waals surface area contributed by atoms with Crippen molar-refractivity contribution in [2.75, 3.05) is 5.73 Å². The summed E-state index contributed by atoms with van der Waals surface area (Å²) in [6.45, 7) is 2.50. The van der Waals surface area contributed by atoms with Crippen LogP contribution >= 0.6 is 0 Å². The predicted octanol–water partition coefficient (Wildman–Crippen LogP) is 0.445. The number of hydrogen-bond donors (Lipinski definition) is 3. The van der Waals surface area contributed by atoms with Crippen LogP contribution in [0.4, 0.5) is 5.82 Å². The van der Waals surface area contributed by atoms with E-state index in [2.05, 4.69) is 10.1 Å². The zero-order chi connectivity index (χ0) is 10.3. The van der Waals surface area contributed by atoms with Gasteiger partial charge in [0, 0.05) is 12.6 Å². The number of aromatic nitrogens is 3. The fourth-order valence-corrected chi connectivity index (χ4v) is 1.43. The fourth-order valence-electron chi connectivity index (χ4n) is 1.43. The standard InChI is InChI=1S/C8H10N4O2/c1-2-12-4-3-5(13)10-8(14)6(4)7(9)11-12/h3H,2H2,1H3,(H2,9,11)(H2,10,13,14). The molecule has 0 unspecified atom stereocenters. The first kappa shape index (κ1) is 8.61. The molecule has 0 aromatic carbocycles. The van der Waals surface area contributed by atoms with E-state index in [0.29, 0.717) is 17.4 Å². The Morgan fingerprint density at radius 3 is 2.86 bits per heavy atom. The summed E-state index contributed by atoms with van der Waals surface area (Å²) in [5.41, 5.74) is 6.17. The maximum atomic E-state index is 9.44. The van der Waals surface area contributed by atoms with Crippen molar-refractivity contribution in [2.45, 2.75) is 13.5 Å². The lowest BCUT2D eigenvalue weighted by molar-refractivity contribution is 0.418. The molecule has 0 saturated heterocycles. The third kappa shape index (κ3) is 1.04. The van der Waals surface area contributed by atoms with Gasteiger partial charge < -0.3 is 15.9 Å². The van der Waals surface area contributed by atoms with Gasteiger partial charge in [0.2, 0.25) is 11.8 Å². The van der Waals surface area contributed by atoms with E-state index in [0.717, 1.165) is 0 Å². The van der Waals surface area contributed by atoms with Crippen LogP contribution in [0.5, 0.6) is 11.8 Å². The molecule has 0 aliphatic rings. The lowest BCUT2D eigenvalue weighted by Gasteiger charge is -1.99. The molecule has 0 spiro atoms. The van der Waals surface area contributed by atoms with Crippen molar-refractivity contribution in [3.05, 3.63) is 6.07 Å². The highest BCUT2D eigenvalue weighted by Gasteiger charge is 2.13. The van der Waals surface area contributed by atoms with Crippen LogP contribution in [-0.2, 0) is 6.54 Å². The molecular weight excluding hydrogens is 184 g/mol. The van der Waals surface area contributed by atoms with E-state index >= 15 is 0 Å². The average molecular weight is 194 g/mol. The van der Waals surface area contributed by atoms with E-state index < -0.39 is 0 Å². The summed E-state index contributed by atoms with van der Waals surface area (Å²) in [4.78, 5) is 3.49. The molecule has 6 nitrogen and oxygen atoms in total. The van der Waals surface area contributed by atoms with Crippen LogP contribution in [-0.4, -0.2) is 25.0 Å². The normalized spacial score (nSPS) is 10.9. The van der Waals surface area contributed by atoms with Gasteiger partial charge in [-0.05, 0) is 6.92 Å². The summed E-state index contributed by atoms with van der Waals surface area (Å²) in [5.74, 6) is -0.325. The van der Waals surface area contributed by atoms with Crippen LogP contribution in [0.15, 0.2) is 6.07 Å². The summed E-state index contributed by atoms with van der Waals surface area (Å²) in [6.07, 6.45) is 0. The second-order valence-electron chi connectivity index (χ2n) is 2.90. The molecule has 0 saturated carbocycles. The zero-order valence-electron chi connectivity index (χ0n) is 7.60. The smallest absolute Gasteiger partial charge is 0.227 e. The Hall–Kier alpha value is -1.98. The quantitative estimate of drug-likeness (QED) is 0.612. The largest absolute Gasteiger partial charge is 0.493 e. The van der Waals surface area contributed by atoms with Crippen LogP contribution < -0.4 is 5.73 Å². The SMILES string of the molecule is CCn1nc(N)c2c(O)nc(O)cc21. The Kier molecular flexibility index (Phi) is 1.70. The van der Waals surface area contributed by atoms with Crippen molar-refractivity contribution in [1.29, 1.82) is 0 Å². The molecule has 4 N–H and O–H groups in total. The fraction of sp³-hybridized carbons (Fsp3) is 0.250. The first-order chi connectivity index (χ1) is 6.63. The van der Waals surface area contributed by atoms with Crippen molar-refractivity contribution >= 4 is 16.7 Å². The number of pyridine rings is 1. The third-order valence-corrected chi connectivity index (χ3v) is 2.03. The van der Waals surface area contributed by atoms with E-state index in [1.54, 1.807) is 4.68 Å². The monoisotopic (exact) mass is 194 g/mol. The minimum absolute atomic E-state index is 0.215. The number of nitrogens with zero attached hydrogens (tertiary/aromatic N) is 3. The number of aromatic hydroxyl groups is 2. The van der Waals surface area contributed by atoms with E-state index in [4.69, 9.17) is 5.73 Å². The van der Waals surface area contributed by atoms with Gasteiger partial charge in [-0.15, -0.1) is 0 Å². The molecule has 0 fully saturated rings. The van der Waals surface area contributed by atoms with Gasteiger partial charge in [-0.1, -0.05) is 0 Å². The Balaban J connectivity index is 2.89. The minimum atomic E-state index is -0.294. The molecule has 2 rings (SSSR count). The van der Waals surface area contributed by atoms with E-state index in [1.807, 2.05) is 6.92 Å². The van der Waals surface area contributed by atoms with Gasteiger partial charge in [0.05, 0.1) is 5.52 Å². The molecule has 2 aromatic heterocycles. The van der Waals surface area contributed by atoms with Crippen LogP contribution in [0.2, 0.25) is 0 Å². The van der Waals surface area contributed by atoms with Crippen molar-refractivity contribution in [3.8, 4) is 11.8 Å². The average Bonchev–Trinajstić information content (AvgIpc) is 2.42. The number of fused-ring (bicyclic) bond motifs is 1. The van der Waals surface area contributed by atoms with Gasteiger partial charge in [-0.2, -0.15) is 10.1 Å². The maximum absolute atomic E-state index is 9.44. The van der Waals surface area contributed by atoms with Crippen LogP contribution in [0.25, 0.3) is 10.9 Å². The van der Waals surface area contributed by atoms with Gasteiger partial charge in [0.15, 0.2) is 5.82 Å². The van der Waals surface area contributed by atoms with Crippen molar-refractivity contribution in [2.24, 2.45) is 0 Å². The Bertz CT molecular complexity index is 492. The Morgan fingerprint density at radius 1 is 1.50 bits per heavy atom. The molecular formula is C8H10N4O2. The lowest BCUT2D eigenvalue weighted by Crippen LogP contribution is -1.96. The number of aryl methyl sites for hydroxylation is 1. The van der Waals surface area contributed by atoms with Gasteiger partial charge in [0.25, 0.3) is 0 Å². The predicted molar refractivity (Wildman–Crippen MR) is 50.9 cm³/mol. The Labute approximate surface area is 79.6 Å². The van der Waals surface area contributed by atoms with Gasteiger partial charge in [-0.3, -0.25) is 4.68 Å². The second-order valence-corrected chi connectivity index (χ2v) is 2.90. The molecule has 14 heavy (non-hydrogen) atoms. The van der Waals surface area contributed by atoms with Gasteiger partial charge in [0.1, 0.15) is 5.39 Å². The van der Waals surface area contributed by atoms with Crippen molar-refractivity contribution in [3.63, 3.8) is 0 Å². The van der Waals surface area contributed by atoms with Gasteiger partial charge in [-0.25, -0.2) is 0 Å². The lowest BCUT2D eigenvalue weighted by atomic mass is 10.3. The van der Waals surface area contributed by atoms with Crippen LogP contribution in [0, 0.1) is 0 Å². The molecule has 0 atom stereocenters. The van der Waals surface area contributed by atoms with E-state index in [9.17, 15) is 10.2 Å². The third-order valence-electron chi connectivity index (χ3n) is 2.03. The molecule has 0 aliphatic carbocycles. The highest BCUT2D eigenvalue weighted by atomic mass is 16.3. The summed E-state index contributed by atoms with van der Waals surface area (Å²) < 4.78 is 1.59. The maximum Gasteiger partial charge on any atom is 0.227 e. The molecule has 2 heterocycles. The first-order valence-corrected chi connectivity index (χ1v) is 4.18. The Morgan fingerprint density at radius 2 is 2.21 bits per heavy atom. The number of rotatable bonds is 1. The molecule has 0 amide bonds. The molecule has 0 bridgehead atoms. The summed E-state index contributed by atoms with van der Waals surface area (Å²) in [6, 6.07) is 1.42. The summed E-state index contributed by atoms with van der Waals surface area (Å²) >= 11 is 0. The van der Waals surface area contributed by atoms with E-state index in [1.165, 1.54) is 6.07 Å². The number of nitrogens with two attached hydrogens (primary N) is 1. The van der Waals surface area contributed by atoms with Crippen molar-refractivity contribution in [1.82, 2.24) is 14.8 Å². The number of hydrogen-bond acceptors (Lipinski definition) is 5. The van der Waals surface area contributed by atoms with Crippen LogP contribution in [0.3, 0.4) is 0 Å². The summed E-state index contributed by atoms with van der Waals surface area (Å²) in [5, 5.41) is 23.0. The molecule has 0 aliphatic heterocycles. The topological polar surface area (TPSA) is 97.2 Å². The highest BCUT2D eigenvalue weighted by Crippen LogP contribution is 2.30. The van der Waals surface area contributed by atoms with E-state index in [-0.39, 0.29) is 17.6 Å². The van der Waals surface area contributed by atoms with Gasteiger partial charge >= 0.3 is 0 Å². The first-order valence-electron chi connectivity index (χ1n) is 4.18. The minimum Gasteiger partial charge on any atom is -0.493 e. The summed E-state index contributed by atoms with van der Waals surface area (Å²) in [7, 11) is 0. The van der Waals surface area contributed by atoms with Crippen molar-refractivity contribution < 1.29 is 10.2 Å².